The number of carboxylic acid groups (broad SMARTS) is 2. The van der Waals surface area contributed by atoms with Crippen molar-refractivity contribution in [2.45, 2.75) is 32.6 Å². The molecule has 1 heterocycles. The largest absolute Gasteiger partial charge is 0.481 e. The van der Waals surface area contributed by atoms with Crippen LogP contribution in [0.2, 0.25) is 0 Å². The fraction of sp³-hybridized carbons (Fsp3) is 0.692. The van der Waals surface area contributed by atoms with Gasteiger partial charge in [0.05, 0.1) is 23.7 Å². The van der Waals surface area contributed by atoms with Crippen molar-refractivity contribution < 1.29 is 34.1 Å². The van der Waals surface area contributed by atoms with E-state index in [2.05, 4.69) is 4.74 Å². The molecule has 2 fully saturated rings. The lowest BCUT2D eigenvalue weighted by molar-refractivity contribution is -0.178. The van der Waals surface area contributed by atoms with Crippen molar-refractivity contribution >= 4 is 23.9 Å². The topological polar surface area (TPSA) is 118 Å². The lowest BCUT2D eigenvalue weighted by Crippen LogP contribution is -2.53. The van der Waals surface area contributed by atoms with Gasteiger partial charge in [0.15, 0.2) is 0 Å². The van der Waals surface area contributed by atoms with Gasteiger partial charge in [-0.15, -0.1) is 0 Å². The van der Waals surface area contributed by atoms with Crippen molar-refractivity contribution in [3.05, 3.63) is 0 Å². The molecular formula is C13H16O7. The number of cyclic esters (lactones) is 2. The Kier molecular flexibility index (Phi) is 3.54. The molecule has 2 rings (SSSR count). The summed E-state index contributed by atoms with van der Waals surface area (Å²) in [6, 6.07) is 0. The molecule has 0 aromatic heterocycles. The maximum absolute atomic E-state index is 11.8. The van der Waals surface area contributed by atoms with Crippen molar-refractivity contribution in [3.63, 3.8) is 0 Å². The molecule has 110 valence electrons. The molecule has 0 spiro atoms. The van der Waals surface area contributed by atoms with Crippen molar-refractivity contribution in [1.29, 1.82) is 0 Å². The molecular weight excluding hydrogens is 268 g/mol. The predicted octanol–water partition coefficient (Wildman–Crippen LogP) is 0.668. The first-order valence-corrected chi connectivity index (χ1v) is 6.51. The quantitative estimate of drug-likeness (QED) is 0.577. The summed E-state index contributed by atoms with van der Waals surface area (Å²) in [7, 11) is 0. The van der Waals surface area contributed by atoms with Crippen LogP contribution in [0.4, 0.5) is 0 Å². The normalized spacial score (nSPS) is 37.5. The lowest BCUT2D eigenvalue weighted by atomic mass is 9.56. The molecule has 1 saturated heterocycles. The van der Waals surface area contributed by atoms with E-state index < -0.39 is 41.1 Å². The second-order valence-corrected chi connectivity index (χ2v) is 5.58. The number of hydrogen-bond donors (Lipinski definition) is 2. The summed E-state index contributed by atoms with van der Waals surface area (Å²) in [6.45, 7) is 1.66. The van der Waals surface area contributed by atoms with Gasteiger partial charge in [-0.1, -0.05) is 13.3 Å². The van der Waals surface area contributed by atoms with Crippen LogP contribution in [0.15, 0.2) is 0 Å². The molecule has 0 amide bonds. The molecule has 2 N–H and O–H groups in total. The molecule has 4 atom stereocenters. The maximum atomic E-state index is 11.8. The molecule has 2 aliphatic rings. The van der Waals surface area contributed by atoms with Crippen molar-refractivity contribution in [1.82, 2.24) is 0 Å². The number of carboxylic acids is 2. The highest BCUT2D eigenvalue weighted by Gasteiger charge is 2.62. The Morgan fingerprint density at radius 2 is 1.95 bits per heavy atom. The van der Waals surface area contributed by atoms with Crippen LogP contribution in [0.25, 0.3) is 0 Å². The minimum Gasteiger partial charge on any atom is -0.481 e. The van der Waals surface area contributed by atoms with Gasteiger partial charge in [-0.25, -0.2) is 0 Å². The number of esters is 2. The summed E-state index contributed by atoms with van der Waals surface area (Å²) in [4.78, 5) is 46.3. The summed E-state index contributed by atoms with van der Waals surface area (Å²) >= 11 is 0. The first-order chi connectivity index (χ1) is 9.30. The van der Waals surface area contributed by atoms with Gasteiger partial charge in [0.2, 0.25) is 0 Å². The van der Waals surface area contributed by atoms with Crippen LogP contribution < -0.4 is 0 Å². The molecule has 1 aliphatic heterocycles. The number of ether oxygens (including phenoxy) is 1. The summed E-state index contributed by atoms with van der Waals surface area (Å²) in [6.07, 6.45) is 0.801. The zero-order valence-corrected chi connectivity index (χ0v) is 11.0. The second-order valence-electron chi connectivity index (χ2n) is 5.58. The average Bonchev–Trinajstić information content (AvgIpc) is 2.67. The van der Waals surface area contributed by atoms with Gasteiger partial charge in [0.25, 0.3) is 0 Å². The molecule has 4 unspecified atom stereocenters. The van der Waals surface area contributed by atoms with Gasteiger partial charge < -0.3 is 14.9 Å². The Morgan fingerprint density at radius 1 is 1.30 bits per heavy atom. The fourth-order valence-electron chi connectivity index (χ4n) is 3.66. The van der Waals surface area contributed by atoms with E-state index in [1.165, 1.54) is 0 Å². The van der Waals surface area contributed by atoms with E-state index in [0.29, 0.717) is 12.8 Å². The summed E-state index contributed by atoms with van der Waals surface area (Å²) in [5.41, 5.74) is -1.76. The summed E-state index contributed by atoms with van der Waals surface area (Å²) in [5, 5.41) is 19.0. The number of rotatable bonds is 3. The Bertz CT molecular complexity index is 483. The van der Waals surface area contributed by atoms with E-state index >= 15 is 0 Å². The van der Waals surface area contributed by atoms with Crippen LogP contribution in [0, 0.1) is 23.2 Å². The minimum atomic E-state index is -1.76. The highest BCUT2D eigenvalue weighted by atomic mass is 16.6. The second kappa shape index (κ2) is 4.88. The van der Waals surface area contributed by atoms with Gasteiger partial charge in [0.1, 0.15) is 0 Å². The first-order valence-electron chi connectivity index (χ1n) is 6.51. The Balaban J connectivity index is 2.52. The summed E-state index contributed by atoms with van der Waals surface area (Å²) < 4.78 is 4.43. The predicted molar refractivity (Wildman–Crippen MR) is 63.4 cm³/mol. The molecule has 1 saturated carbocycles. The standard InChI is InChI=1S/C13H16O7/c1-6-3-2-4-13(12(18)19,9(6)10(15)16)7-5-8(14)20-11(7)17/h6-7,9H,2-5H2,1H3,(H,15,16)(H,18,19). The monoisotopic (exact) mass is 284 g/mol. The lowest BCUT2D eigenvalue weighted by Gasteiger charge is -2.43. The molecule has 1 aliphatic carbocycles. The van der Waals surface area contributed by atoms with Crippen LogP contribution in [0.5, 0.6) is 0 Å². The maximum Gasteiger partial charge on any atom is 0.318 e. The zero-order valence-electron chi connectivity index (χ0n) is 11.0. The van der Waals surface area contributed by atoms with E-state index in [1.807, 2.05) is 0 Å². The van der Waals surface area contributed by atoms with Gasteiger partial charge in [-0.3, -0.25) is 19.2 Å². The van der Waals surface area contributed by atoms with E-state index in [9.17, 15) is 29.4 Å². The molecule has 0 radical (unpaired) electrons. The SMILES string of the molecule is CC1CCCC(C(=O)O)(C2CC(=O)OC2=O)C1C(=O)O. The Hall–Kier alpha value is -1.92. The zero-order chi connectivity index (χ0) is 15.1. The smallest absolute Gasteiger partial charge is 0.318 e. The number of hydrogen-bond acceptors (Lipinski definition) is 5. The van der Waals surface area contributed by atoms with Crippen molar-refractivity contribution in [3.8, 4) is 0 Å². The minimum absolute atomic E-state index is 0.0662. The van der Waals surface area contributed by atoms with E-state index in [4.69, 9.17) is 0 Å². The number of carbonyl (C=O) groups is 4. The third-order valence-corrected chi connectivity index (χ3v) is 4.53. The Labute approximate surface area is 114 Å². The van der Waals surface area contributed by atoms with Crippen LogP contribution >= 0.6 is 0 Å². The molecule has 7 heteroatoms. The van der Waals surface area contributed by atoms with Gasteiger partial charge >= 0.3 is 23.9 Å². The molecule has 0 bridgehead atoms. The van der Waals surface area contributed by atoms with Crippen LogP contribution in [0.3, 0.4) is 0 Å². The molecule has 0 aromatic rings. The van der Waals surface area contributed by atoms with Crippen molar-refractivity contribution in [2.75, 3.05) is 0 Å². The molecule has 0 aromatic carbocycles. The number of carbonyl (C=O) groups excluding carboxylic acids is 2. The third-order valence-electron chi connectivity index (χ3n) is 4.53. The fourth-order valence-corrected chi connectivity index (χ4v) is 3.66. The van der Waals surface area contributed by atoms with Crippen LogP contribution in [0.1, 0.15) is 32.6 Å². The Morgan fingerprint density at radius 3 is 2.40 bits per heavy atom. The van der Waals surface area contributed by atoms with Gasteiger partial charge in [-0.2, -0.15) is 0 Å². The van der Waals surface area contributed by atoms with E-state index in [1.54, 1.807) is 6.92 Å². The van der Waals surface area contributed by atoms with E-state index in [-0.39, 0.29) is 18.8 Å². The average molecular weight is 284 g/mol. The number of aliphatic carboxylic acids is 2. The van der Waals surface area contributed by atoms with Crippen LogP contribution in [-0.2, 0) is 23.9 Å². The highest BCUT2D eigenvalue weighted by Crippen LogP contribution is 2.52. The molecule has 7 nitrogen and oxygen atoms in total. The van der Waals surface area contributed by atoms with E-state index in [0.717, 1.165) is 0 Å². The highest BCUT2D eigenvalue weighted by molar-refractivity contribution is 5.99. The third kappa shape index (κ3) is 1.97. The van der Waals surface area contributed by atoms with Gasteiger partial charge in [0, 0.05) is 0 Å². The van der Waals surface area contributed by atoms with Gasteiger partial charge in [-0.05, 0) is 18.8 Å². The van der Waals surface area contributed by atoms with Crippen LogP contribution in [-0.4, -0.2) is 34.1 Å². The molecule has 20 heavy (non-hydrogen) atoms. The first kappa shape index (κ1) is 14.5. The summed E-state index contributed by atoms with van der Waals surface area (Å²) in [5.74, 6) is -7.07. The van der Waals surface area contributed by atoms with Crippen molar-refractivity contribution in [2.24, 2.45) is 23.2 Å².